The fraction of sp³-hybridized carbons (Fsp3) is 0. The van der Waals surface area contributed by atoms with Crippen LogP contribution in [0.15, 0.2) is 47.5 Å². The van der Waals surface area contributed by atoms with Gasteiger partial charge in [-0.3, -0.25) is 14.6 Å². The van der Waals surface area contributed by atoms with E-state index in [0.29, 0.717) is 10.8 Å². The van der Waals surface area contributed by atoms with Crippen molar-refractivity contribution in [3.63, 3.8) is 0 Å². The fourth-order valence-electron chi connectivity index (χ4n) is 1.95. The Morgan fingerprint density at radius 2 is 1.95 bits per heavy atom. The quantitative estimate of drug-likeness (QED) is 0.750. The number of hydrogen-bond acceptors (Lipinski definition) is 4. The minimum absolute atomic E-state index is 0.00733. The minimum Gasteiger partial charge on any atom is -0.318 e. The van der Waals surface area contributed by atoms with Crippen LogP contribution >= 0.6 is 0 Å². The molecule has 2 aromatic heterocycles. The second kappa shape index (κ2) is 5.12. The number of pyridine rings is 1. The lowest BCUT2D eigenvalue weighted by molar-refractivity contribution is 0.102. The molecule has 21 heavy (non-hydrogen) atoms. The second-order valence-electron chi connectivity index (χ2n) is 4.26. The van der Waals surface area contributed by atoms with Crippen molar-refractivity contribution in [3.05, 3.63) is 64.6 Å². The van der Waals surface area contributed by atoms with Crippen molar-refractivity contribution < 1.29 is 9.18 Å². The van der Waals surface area contributed by atoms with Gasteiger partial charge in [-0.05, 0) is 12.1 Å². The zero-order chi connectivity index (χ0) is 14.8. The predicted octanol–water partition coefficient (Wildman–Crippen LogP) is 1.71. The first-order valence-electron chi connectivity index (χ1n) is 6.05. The van der Waals surface area contributed by atoms with Crippen molar-refractivity contribution in [2.75, 3.05) is 5.32 Å². The molecule has 104 valence electrons. The van der Waals surface area contributed by atoms with Crippen molar-refractivity contribution in [1.82, 2.24) is 15.2 Å². The number of hydrogen-bond donors (Lipinski definition) is 2. The third-order valence-corrected chi connectivity index (χ3v) is 2.93. The van der Waals surface area contributed by atoms with E-state index in [4.69, 9.17) is 0 Å². The summed E-state index contributed by atoms with van der Waals surface area (Å²) in [4.78, 5) is 27.5. The van der Waals surface area contributed by atoms with E-state index in [1.54, 1.807) is 24.3 Å². The van der Waals surface area contributed by atoms with E-state index in [2.05, 4.69) is 20.5 Å². The zero-order valence-electron chi connectivity index (χ0n) is 10.6. The van der Waals surface area contributed by atoms with E-state index >= 15 is 0 Å². The van der Waals surface area contributed by atoms with Crippen LogP contribution in [0.4, 0.5) is 10.1 Å². The largest absolute Gasteiger partial charge is 0.318 e. The van der Waals surface area contributed by atoms with Gasteiger partial charge in [-0.2, -0.15) is 5.10 Å². The van der Waals surface area contributed by atoms with Crippen LogP contribution in [0.2, 0.25) is 0 Å². The van der Waals surface area contributed by atoms with E-state index in [1.165, 1.54) is 12.3 Å². The highest BCUT2D eigenvalue weighted by atomic mass is 19.1. The Morgan fingerprint density at radius 1 is 1.19 bits per heavy atom. The molecule has 1 amide bonds. The summed E-state index contributed by atoms with van der Waals surface area (Å²) in [5.41, 5.74) is -0.384. The van der Waals surface area contributed by atoms with Crippen LogP contribution in [0.5, 0.6) is 0 Å². The monoisotopic (exact) mass is 284 g/mol. The Bertz CT molecular complexity index is 891. The SMILES string of the molecule is O=C(Nc1ccncc1F)c1n[nH]c(=O)c2ccccc12. The van der Waals surface area contributed by atoms with Gasteiger partial charge in [0, 0.05) is 11.6 Å². The number of H-pyrrole nitrogens is 1. The Hall–Kier alpha value is -3.09. The van der Waals surface area contributed by atoms with Crippen LogP contribution in [0.25, 0.3) is 10.8 Å². The minimum atomic E-state index is -0.653. The molecule has 0 unspecified atom stereocenters. The van der Waals surface area contributed by atoms with Gasteiger partial charge < -0.3 is 5.32 Å². The maximum absolute atomic E-state index is 13.5. The maximum Gasteiger partial charge on any atom is 0.276 e. The Morgan fingerprint density at radius 3 is 2.71 bits per heavy atom. The van der Waals surface area contributed by atoms with Gasteiger partial charge in [-0.15, -0.1) is 0 Å². The van der Waals surface area contributed by atoms with Gasteiger partial charge in [0.2, 0.25) is 0 Å². The number of carbonyl (C=O) groups is 1. The molecule has 0 aliphatic heterocycles. The normalized spacial score (nSPS) is 10.5. The molecule has 0 atom stereocenters. The molecule has 7 heteroatoms. The van der Waals surface area contributed by atoms with Crippen molar-refractivity contribution >= 4 is 22.4 Å². The van der Waals surface area contributed by atoms with Gasteiger partial charge in [0.25, 0.3) is 11.5 Å². The second-order valence-corrected chi connectivity index (χ2v) is 4.26. The van der Waals surface area contributed by atoms with Gasteiger partial charge in [0.1, 0.15) is 0 Å². The average Bonchev–Trinajstić information content (AvgIpc) is 2.50. The van der Waals surface area contributed by atoms with Crippen LogP contribution in [-0.4, -0.2) is 21.1 Å². The first-order valence-corrected chi connectivity index (χ1v) is 6.05. The number of amides is 1. The fourth-order valence-corrected chi connectivity index (χ4v) is 1.95. The number of fused-ring (bicyclic) bond motifs is 1. The molecule has 3 aromatic rings. The number of aromatic nitrogens is 3. The summed E-state index contributed by atoms with van der Waals surface area (Å²) in [5.74, 6) is -1.27. The van der Waals surface area contributed by atoms with E-state index in [1.807, 2.05) is 0 Å². The van der Waals surface area contributed by atoms with Gasteiger partial charge in [-0.25, -0.2) is 9.49 Å². The third-order valence-electron chi connectivity index (χ3n) is 2.93. The molecule has 6 nitrogen and oxygen atoms in total. The molecule has 3 rings (SSSR count). The van der Waals surface area contributed by atoms with E-state index in [0.717, 1.165) is 6.20 Å². The summed E-state index contributed by atoms with van der Waals surface area (Å²) < 4.78 is 13.5. The molecule has 0 saturated carbocycles. The highest BCUT2D eigenvalue weighted by Crippen LogP contribution is 2.16. The summed E-state index contributed by atoms with van der Waals surface area (Å²) >= 11 is 0. The van der Waals surface area contributed by atoms with Gasteiger partial charge in [0.15, 0.2) is 11.5 Å². The van der Waals surface area contributed by atoms with E-state index < -0.39 is 17.3 Å². The van der Waals surface area contributed by atoms with Gasteiger partial charge >= 0.3 is 0 Å². The number of halogens is 1. The summed E-state index contributed by atoms with van der Waals surface area (Å²) in [6.45, 7) is 0. The number of nitrogens with zero attached hydrogens (tertiary/aromatic N) is 2. The molecular weight excluding hydrogens is 275 g/mol. The number of aromatic amines is 1. The molecule has 0 fully saturated rings. The standard InChI is InChI=1S/C14H9FN4O2/c15-10-7-16-6-5-11(10)17-14(21)12-8-3-1-2-4-9(8)13(20)19-18-12/h1-7H,(H,19,20)(H,16,17,21). The molecule has 1 aromatic carbocycles. The third kappa shape index (κ3) is 2.36. The van der Waals surface area contributed by atoms with Crippen molar-refractivity contribution in [2.45, 2.75) is 0 Å². The van der Waals surface area contributed by atoms with E-state index in [-0.39, 0.29) is 11.4 Å². The molecule has 0 saturated heterocycles. The summed E-state index contributed by atoms with van der Waals surface area (Å²) in [6, 6.07) is 7.89. The van der Waals surface area contributed by atoms with E-state index in [9.17, 15) is 14.0 Å². The first-order chi connectivity index (χ1) is 10.2. The highest BCUT2D eigenvalue weighted by Gasteiger charge is 2.15. The van der Waals surface area contributed by atoms with Crippen molar-refractivity contribution in [3.8, 4) is 0 Å². The molecule has 0 bridgehead atoms. The van der Waals surface area contributed by atoms with Crippen LogP contribution in [0.1, 0.15) is 10.5 Å². The first kappa shape index (κ1) is 12.9. The summed E-state index contributed by atoms with van der Waals surface area (Å²) in [7, 11) is 0. The molecule has 2 heterocycles. The van der Waals surface area contributed by atoms with Crippen molar-refractivity contribution in [2.24, 2.45) is 0 Å². The Balaban J connectivity index is 2.05. The molecule has 0 spiro atoms. The summed E-state index contributed by atoms with van der Waals surface area (Å²) in [5, 5.41) is 9.13. The van der Waals surface area contributed by atoms with Gasteiger partial charge in [0.05, 0.1) is 17.3 Å². The maximum atomic E-state index is 13.5. The van der Waals surface area contributed by atoms with Crippen LogP contribution in [0, 0.1) is 5.82 Å². The Kier molecular flexibility index (Phi) is 3.15. The number of carbonyl (C=O) groups excluding carboxylic acids is 1. The molecular formula is C14H9FN4O2. The molecule has 2 N–H and O–H groups in total. The van der Waals surface area contributed by atoms with Gasteiger partial charge in [-0.1, -0.05) is 18.2 Å². The lowest BCUT2D eigenvalue weighted by Gasteiger charge is -2.07. The van der Waals surface area contributed by atoms with Crippen molar-refractivity contribution in [1.29, 1.82) is 0 Å². The lowest BCUT2D eigenvalue weighted by Crippen LogP contribution is -2.19. The van der Waals surface area contributed by atoms with Crippen LogP contribution < -0.4 is 10.9 Å². The Labute approximate surface area is 117 Å². The summed E-state index contributed by atoms with van der Waals surface area (Å²) in [6.07, 6.45) is 2.35. The van der Waals surface area contributed by atoms with Crippen LogP contribution in [-0.2, 0) is 0 Å². The predicted molar refractivity (Wildman–Crippen MR) is 74.5 cm³/mol. The lowest BCUT2D eigenvalue weighted by atomic mass is 10.1. The number of nitrogens with one attached hydrogen (secondary N) is 2. The molecule has 0 radical (unpaired) electrons. The smallest absolute Gasteiger partial charge is 0.276 e. The number of anilines is 1. The average molecular weight is 284 g/mol. The highest BCUT2D eigenvalue weighted by molar-refractivity contribution is 6.11. The molecule has 0 aliphatic rings. The molecule has 0 aliphatic carbocycles. The topological polar surface area (TPSA) is 87.7 Å². The van der Waals surface area contributed by atoms with Crippen LogP contribution in [0.3, 0.4) is 0 Å². The number of benzene rings is 1. The zero-order valence-corrected chi connectivity index (χ0v) is 10.6. The number of rotatable bonds is 2.